The molecule has 0 saturated carbocycles. The molecule has 0 fully saturated rings. The van der Waals surface area contributed by atoms with Gasteiger partial charge in [0.2, 0.25) is 11.8 Å². The summed E-state index contributed by atoms with van der Waals surface area (Å²) in [7, 11) is -2.64. The molecule has 1 N–H and O–H groups in total. The van der Waals surface area contributed by atoms with Gasteiger partial charge in [0.15, 0.2) is 17.8 Å². The third-order valence-corrected chi connectivity index (χ3v) is 6.80. The molecule has 3 aromatic heterocycles. The van der Waals surface area contributed by atoms with E-state index in [0.717, 1.165) is 0 Å². The summed E-state index contributed by atoms with van der Waals surface area (Å²) in [5.74, 6) is 0.776. The molecule has 0 amide bonds. The van der Waals surface area contributed by atoms with E-state index >= 15 is 0 Å². The maximum Gasteiger partial charge on any atom is 0.262 e. The van der Waals surface area contributed by atoms with Crippen LogP contribution in [0.2, 0.25) is 5.02 Å². The van der Waals surface area contributed by atoms with E-state index in [4.69, 9.17) is 21.1 Å². The van der Waals surface area contributed by atoms with E-state index in [1.54, 1.807) is 18.2 Å². The maximum absolute atomic E-state index is 13.1. The van der Waals surface area contributed by atoms with Gasteiger partial charge in [-0.2, -0.15) is 0 Å². The molecular weight excluding hydrogens is 506 g/mol. The molecule has 2 atom stereocenters. The normalized spacial score (nSPS) is 13.3. The summed E-state index contributed by atoms with van der Waals surface area (Å²) < 4.78 is 52.2. The van der Waals surface area contributed by atoms with Crippen LogP contribution in [-0.2, 0) is 32.1 Å². The zero-order valence-corrected chi connectivity index (χ0v) is 20.9. The fourth-order valence-electron chi connectivity index (χ4n) is 2.82. The number of hydrogen-bond donors (Lipinski definition) is 1. The Labute approximate surface area is 203 Å². The Morgan fingerprint density at radius 3 is 2.59 bits per heavy atom. The molecule has 3 aromatic rings. The molecular formula is C19H22ClN7O5S2. The van der Waals surface area contributed by atoms with Crippen LogP contribution in [0.1, 0.15) is 11.9 Å². The topological polar surface area (TPSA) is 151 Å². The van der Waals surface area contributed by atoms with Gasteiger partial charge in [-0.05, 0) is 6.07 Å². The molecule has 15 heteroatoms. The van der Waals surface area contributed by atoms with Crippen LogP contribution in [0.5, 0.6) is 5.88 Å². The van der Waals surface area contributed by atoms with Crippen LogP contribution in [0.4, 0.5) is 5.95 Å². The third kappa shape index (κ3) is 5.94. The molecule has 0 saturated heterocycles. The van der Waals surface area contributed by atoms with E-state index in [2.05, 4.69) is 36.5 Å². The maximum atomic E-state index is 13.1. The highest BCUT2D eigenvalue weighted by molar-refractivity contribution is 7.96. The average molecular weight is 528 g/mol. The number of anilines is 1. The fraction of sp³-hybridized carbons (Fsp3) is 0.316. The van der Waals surface area contributed by atoms with Crippen LogP contribution in [0.3, 0.4) is 0 Å². The van der Waals surface area contributed by atoms with Crippen molar-refractivity contribution < 1.29 is 22.1 Å². The smallest absolute Gasteiger partial charge is 0.262 e. The predicted molar refractivity (Wildman–Crippen MR) is 127 cm³/mol. The minimum atomic E-state index is -4.25. The first-order chi connectivity index (χ1) is 16.2. The van der Waals surface area contributed by atoms with Crippen molar-refractivity contribution in [2.45, 2.75) is 12.6 Å². The molecule has 3 rings (SSSR count). The van der Waals surface area contributed by atoms with Crippen molar-refractivity contribution in [1.29, 1.82) is 0 Å². The number of pyridine rings is 1. The monoisotopic (exact) mass is 527 g/mol. The summed E-state index contributed by atoms with van der Waals surface area (Å²) in [6.45, 7) is 3.82. The second-order valence-electron chi connectivity index (χ2n) is 6.79. The first kappa shape index (κ1) is 25.7. The van der Waals surface area contributed by atoms with E-state index < -0.39 is 26.9 Å². The van der Waals surface area contributed by atoms with Gasteiger partial charge in [-0.25, -0.2) is 28.1 Å². The Kier molecular flexibility index (Phi) is 8.30. The first-order valence-corrected chi connectivity index (χ1v) is 13.2. The summed E-state index contributed by atoms with van der Waals surface area (Å²) in [6.07, 6.45) is 3.00. The molecule has 0 unspecified atom stereocenters. The van der Waals surface area contributed by atoms with Crippen LogP contribution in [0.15, 0.2) is 42.1 Å². The number of aromatic nitrogens is 6. The molecule has 0 aliphatic carbocycles. The summed E-state index contributed by atoms with van der Waals surface area (Å²) >= 11 is 5.81. The zero-order chi connectivity index (χ0) is 24.9. The van der Waals surface area contributed by atoms with Gasteiger partial charge in [-0.15, -0.1) is 10.2 Å². The van der Waals surface area contributed by atoms with Gasteiger partial charge in [-0.3, -0.25) is 8.78 Å². The highest BCUT2D eigenvalue weighted by Gasteiger charge is 2.30. The predicted octanol–water partition coefficient (Wildman–Crippen LogP) is 1.81. The van der Waals surface area contributed by atoms with E-state index in [1.165, 1.54) is 37.4 Å². The van der Waals surface area contributed by atoms with E-state index in [0.29, 0.717) is 11.6 Å². The SMILES string of the molecule is C=C([C@H](OC)c1ncc(Cl)cn1)S(=O)(=O)Nc1nnc(-c2cccc(OC)n2)n1CC[S@](C)=O. The second-order valence-corrected chi connectivity index (χ2v) is 10.5. The minimum Gasteiger partial charge on any atom is -0.481 e. The Hall–Kier alpha value is -2.94. The molecule has 0 bridgehead atoms. The lowest BCUT2D eigenvalue weighted by Crippen LogP contribution is -2.23. The largest absolute Gasteiger partial charge is 0.481 e. The van der Waals surface area contributed by atoms with Gasteiger partial charge >= 0.3 is 0 Å². The molecule has 0 aliphatic rings. The molecule has 182 valence electrons. The lowest BCUT2D eigenvalue weighted by molar-refractivity contribution is 0.131. The van der Waals surface area contributed by atoms with Crippen LogP contribution in [0, 0.1) is 0 Å². The number of hydrogen-bond acceptors (Lipinski definition) is 10. The molecule has 0 radical (unpaired) electrons. The quantitative estimate of drug-likeness (QED) is 0.391. The number of nitrogens with one attached hydrogen (secondary N) is 1. The molecule has 34 heavy (non-hydrogen) atoms. The molecule has 0 spiro atoms. The highest BCUT2D eigenvalue weighted by Crippen LogP contribution is 2.28. The number of methoxy groups -OCH3 is 2. The standard InChI is InChI=1S/C19H22ClN7O5S2/c1-12(16(32-3)17-21-10-13(20)11-22-17)34(29,30)26-19-25-24-18(27(19)8-9-33(4)28)14-6-5-7-15(23-14)31-2/h5-7,10-11,16H,1,8-9H2,2-4H3,(H,25,26)/t16-,33-/m0/s1. The van der Waals surface area contributed by atoms with Crippen LogP contribution < -0.4 is 9.46 Å². The minimum absolute atomic E-state index is 0.0615. The Morgan fingerprint density at radius 2 is 1.97 bits per heavy atom. The van der Waals surface area contributed by atoms with Crippen molar-refractivity contribution >= 4 is 38.4 Å². The van der Waals surface area contributed by atoms with Crippen LogP contribution >= 0.6 is 11.6 Å². The van der Waals surface area contributed by atoms with E-state index in [1.807, 2.05) is 0 Å². The Morgan fingerprint density at radius 1 is 1.26 bits per heavy atom. The second kappa shape index (κ2) is 11.0. The van der Waals surface area contributed by atoms with Gasteiger partial charge < -0.3 is 9.47 Å². The van der Waals surface area contributed by atoms with Gasteiger partial charge in [0.05, 0.1) is 17.0 Å². The lowest BCUT2D eigenvalue weighted by Gasteiger charge is -2.18. The Bertz CT molecular complexity index is 1300. The summed E-state index contributed by atoms with van der Waals surface area (Å²) in [4.78, 5) is 12.0. The lowest BCUT2D eigenvalue weighted by atomic mass is 10.3. The number of nitrogens with zero attached hydrogens (tertiary/aromatic N) is 6. The summed E-state index contributed by atoms with van der Waals surface area (Å²) in [6, 6.07) is 5.03. The van der Waals surface area contributed by atoms with Crippen molar-refractivity contribution in [3.05, 3.63) is 52.9 Å². The number of ether oxygens (including phenoxy) is 2. The Balaban J connectivity index is 1.96. The van der Waals surface area contributed by atoms with Gasteiger partial charge in [0.25, 0.3) is 10.0 Å². The molecule has 3 heterocycles. The van der Waals surface area contributed by atoms with Gasteiger partial charge in [-0.1, -0.05) is 24.2 Å². The van der Waals surface area contributed by atoms with Crippen LogP contribution in [0.25, 0.3) is 11.5 Å². The number of halogens is 1. The highest BCUT2D eigenvalue weighted by atomic mass is 35.5. The zero-order valence-electron chi connectivity index (χ0n) is 18.5. The molecule has 0 aliphatic heterocycles. The average Bonchev–Trinajstić information content (AvgIpc) is 3.20. The van der Waals surface area contributed by atoms with Crippen molar-refractivity contribution in [2.75, 3.05) is 31.0 Å². The van der Waals surface area contributed by atoms with Crippen molar-refractivity contribution in [3.63, 3.8) is 0 Å². The summed E-state index contributed by atoms with van der Waals surface area (Å²) in [5, 5.41) is 8.34. The van der Waals surface area contributed by atoms with Gasteiger partial charge in [0.1, 0.15) is 5.69 Å². The van der Waals surface area contributed by atoms with Crippen molar-refractivity contribution in [1.82, 2.24) is 29.7 Å². The van der Waals surface area contributed by atoms with Crippen molar-refractivity contribution in [3.8, 4) is 17.4 Å². The third-order valence-electron chi connectivity index (χ3n) is 4.49. The number of sulfonamides is 1. The molecule has 12 nitrogen and oxygen atoms in total. The first-order valence-electron chi connectivity index (χ1n) is 9.62. The van der Waals surface area contributed by atoms with E-state index in [9.17, 15) is 12.6 Å². The fourth-order valence-corrected chi connectivity index (χ4v) is 4.36. The molecule has 0 aromatic carbocycles. The number of rotatable bonds is 11. The summed E-state index contributed by atoms with van der Waals surface area (Å²) in [5.41, 5.74) is 0.391. The van der Waals surface area contributed by atoms with E-state index in [-0.39, 0.29) is 39.8 Å². The van der Waals surface area contributed by atoms with Crippen molar-refractivity contribution in [2.24, 2.45) is 0 Å². The van der Waals surface area contributed by atoms with Gasteiger partial charge in [0, 0.05) is 54.9 Å². The van der Waals surface area contributed by atoms with Crippen LogP contribution in [-0.4, -0.2) is 68.6 Å².